The number of hydrogen-bond acceptors (Lipinski definition) is 5. The van der Waals surface area contributed by atoms with Gasteiger partial charge in [0.05, 0.1) is 18.8 Å². The predicted molar refractivity (Wildman–Crippen MR) is 98.7 cm³/mol. The van der Waals surface area contributed by atoms with E-state index in [1.807, 2.05) is 0 Å². The normalized spacial score (nSPS) is 31.2. The molecule has 2 aliphatic rings. The Bertz CT molecular complexity index is 484. The first-order chi connectivity index (χ1) is 11.9. The molecule has 0 unspecified atom stereocenters. The van der Waals surface area contributed by atoms with E-state index in [0.29, 0.717) is 13.2 Å². The summed E-state index contributed by atoms with van der Waals surface area (Å²) in [5.74, 6) is 0.643. The van der Waals surface area contributed by atoms with Crippen LogP contribution in [-0.2, 0) is 9.53 Å². The average molecular weight is 351 g/mol. The van der Waals surface area contributed by atoms with Gasteiger partial charge in [-0.3, -0.25) is 4.79 Å². The average Bonchev–Trinajstić information content (AvgIpc) is 2.60. The lowest BCUT2D eigenvalue weighted by atomic mass is 9.80. The summed E-state index contributed by atoms with van der Waals surface area (Å²) in [5.41, 5.74) is 6.24. The zero-order valence-electron chi connectivity index (χ0n) is 15.5. The lowest BCUT2D eigenvalue weighted by molar-refractivity contribution is -0.137. The zero-order chi connectivity index (χ0) is 18.4. The van der Waals surface area contributed by atoms with Gasteiger partial charge in [0.2, 0.25) is 0 Å². The first kappa shape index (κ1) is 19.9. The highest BCUT2D eigenvalue weighted by molar-refractivity contribution is 5.94. The second-order valence-corrected chi connectivity index (χ2v) is 7.70. The number of ether oxygens (including phenoxy) is 1. The summed E-state index contributed by atoms with van der Waals surface area (Å²) in [4.78, 5) is 14.0. The molecule has 0 radical (unpaired) electrons. The number of hydrogen-bond donors (Lipinski definition) is 3. The molecule has 1 amide bonds. The number of carbonyl (C=O) groups is 1. The van der Waals surface area contributed by atoms with Crippen molar-refractivity contribution in [3.63, 3.8) is 0 Å². The minimum atomic E-state index is -0.462. The third-order valence-corrected chi connectivity index (χ3v) is 5.72. The fourth-order valence-corrected chi connectivity index (χ4v) is 4.01. The molecule has 0 aromatic rings. The van der Waals surface area contributed by atoms with Gasteiger partial charge in [-0.15, -0.1) is 0 Å². The molecule has 6 heteroatoms. The number of nitrogens with one attached hydrogen (secondary N) is 1. The molecule has 2 rings (SSSR count). The second kappa shape index (κ2) is 9.34. The Labute approximate surface area is 150 Å². The number of likely N-dealkylation sites (tertiary alicyclic amines) is 1. The molecular formula is C19H33N3O3. The molecule has 25 heavy (non-hydrogen) atoms. The van der Waals surface area contributed by atoms with Crippen LogP contribution in [0.3, 0.4) is 0 Å². The van der Waals surface area contributed by atoms with Crippen molar-refractivity contribution in [2.75, 3.05) is 13.2 Å². The molecule has 1 heterocycles. The van der Waals surface area contributed by atoms with Crippen LogP contribution in [0.15, 0.2) is 11.8 Å². The summed E-state index contributed by atoms with van der Waals surface area (Å²) in [6, 6.07) is -0.358. The number of piperidine rings is 1. The van der Waals surface area contributed by atoms with Crippen molar-refractivity contribution in [2.24, 2.45) is 17.6 Å². The topological polar surface area (TPSA) is 99.6 Å². The van der Waals surface area contributed by atoms with Crippen molar-refractivity contribution in [1.29, 1.82) is 5.41 Å². The summed E-state index contributed by atoms with van der Waals surface area (Å²) in [5, 5.41) is 16.8. The highest BCUT2D eigenvalue weighted by atomic mass is 16.5. The first-order valence-corrected chi connectivity index (χ1v) is 9.52. The van der Waals surface area contributed by atoms with Crippen LogP contribution in [-0.4, -0.2) is 53.5 Å². The van der Waals surface area contributed by atoms with Gasteiger partial charge in [0.1, 0.15) is 0 Å². The minimum Gasteiger partial charge on any atom is -0.503 e. The number of aliphatic hydroxyl groups is 1. The number of amides is 1. The van der Waals surface area contributed by atoms with Crippen molar-refractivity contribution in [1.82, 2.24) is 4.90 Å². The van der Waals surface area contributed by atoms with Crippen LogP contribution in [0.2, 0.25) is 0 Å². The maximum atomic E-state index is 12.4. The van der Waals surface area contributed by atoms with Crippen LogP contribution in [0.25, 0.3) is 0 Å². The Morgan fingerprint density at radius 3 is 2.60 bits per heavy atom. The first-order valence-electron chi connectivity index (χ1n) is 9.52. The lowest BCUT2D eigenvalue weighted by Gasteiger charge is -2.40. The number of rotatable bonds is 6. The van der Waals surface area contributed by atoms with Crippen molar-refractivity contribution in [2.45, 2.75) is 70.6 Å². The molecule has 2 atom stereocenters. The van der Waals surface area contributed by atoms with E-state index in [9.17, 15) is 9.90 Å². The maximum Gasteiger partial charge on any atom is 0.289 e. The van der Waals surface area contributed by atoms with Gasteiger partial charge < -0.3 is 25.9 Å². The Hall–Kier alpha value is -1.40. The van der Waals surface area contributed by atoms with Crippen molar-refractivity contribution in [3.8, 4) is 0 Å². The van der Waals surface area contributed by atoms with Gasteiger partial charge in [-0.2, -0.15) is 0 Å². The number of nitrogens with zero attached hydrogens (tertiary/aromatic N) is 1. The van der Waals surface area contributed by atoms with E-state index in [2.05, 4.69) is 13.8 Å². The molecule has 0 aromatic heterocycles. The fourth-order valence-electron chi connectivity index (χ4n) is 4.01. The second-order valence-electron chi connectivity index (χ2n) is 7.70. The van der Waals surface area contributed by atoms with Crippen LogP contribution in [0, 0.1) is 17.2 Å². The van der Waals surface area contributed by atoms with Crippen molar-refractivity contribution < 1.29 is 14.6 Å². The molecule has 1 saturated carbocycles. The number of allylic oxidation sites excluding steroid dienone is 1. The van der Waals surface area contributed by atoms with Gasteiger partial charge in [-0.1, -0.05) is 13.8 Å². The van der Waals surface area contributed by atoms with E-state index in [-0.39, 0.29) is 18.2 Å². The summed E-state index contributed by atoms with van der Waals surface area (Å²) in [6.07, 6.45) is 8.47. The van der Waals surface area contributed by atoms with Gasteiger partial charge in [0.15, 0.2) is 5.76 Å². The van der Waals surface area contributed by atoms with Crippen LogP contribution in [0.5, 0.6) is 0 Å². The largest absolute Gasteiger partial charge is 0.503 e. The van der Waals surface area contributed by atoms with Crippen molar-refractivity contribution >= 4 is 12.1 Å². The third kappa shape index (κ3) is 5.28. The minimum absolute atomic E-state index is 0.141. The maximum absolute atomic E-state index is 12.4. The molecule has 142 valence electrons. The van der Waals surface area contributed by atoms with Gasteiger partial charge in [0, 0.05) is 24.9 Å². The predicted octanol–water partition coefficient (Wildman–Crippen LogP) is 2.63. The van der Waals surface area contributed by atoms with Crippen LogP contribution < -0.4 is 5.73 Å². The molecule has 0 spiro atoms. The lowest BCUT2D eigenvalue weighted by Crippen LogP contribution is -2.57. The number of aliphatic hydroxyl groups excluding tert-OH is 1. The quantitative estimate of drug-likeness (QED) is 0.389. The highest BCUT2D eigenvalue weighted by Gasteiger charge is 2.35. The van der Waals surface area contributed by atoms with Gasteiger partial charge in [0.25, 0.3) is 5.91 Å². The summed E-state index contributed by atoms with van der Waals surface area (Å²) in [7, 11) is 0. The monoisotopic (exact) mass is 351 g/mol. The van der Waals surface area contributed by atoms with E-state index >= 15 is 0 Å². The SMILES string of the molecule is CC(C)[C@H]1CC[C@@H](OC[C@H]2[C@@H](N)CCCN2C(=O)/C(O)=C/C=N)CC1. The molecule has 6 nitrogen and oxygen atoms in total. The summed E-state index contributed by atoms with van der Waals surface area (Å²) in [6.45, 7) is 5.55. The Morgan fingerprint density at radius 2 is 2.00 bits per heavy atom. The smallest absolute Gasteiger partial charge is 0.289 e. The fraction of sp³-hybridized carbons (Fsp3) is 0.789. The standard InChI is InChI=1S/C19H33N3O3/c1-13(2)14-5-7-15(8-6-14)25-12-17-16(21)4-3-11-22(17)19(24)18(23)9-10-20/h9-10,13-17,20,23H,3-8,11-12,21H2,1-2H3/b18-9-,20-10?/t14-,15+,16-,17-/m0/s1. The molecule has 1 aliphatic heterocycles. The third-order valence-electron chi connectivity index (χ3n) is 5.72. The van der Waals surface area contributed by atoms with Crippen LogP contribution in [0.1, 0.15) is 52.4 Å². The molecule has 0 aromatic carbocycles. The van der Waals surface area contributed by atoms with E-state index < -0.39 is 11.7 Å². The molecule has 4 N–H and O–H groups in total. The Balaban J connectivity index is 1.92. The van der Waals surface area contributed by atoms with E-state index in [1.54, 1.807) is 4.90 Å². The zero-order valence-corrected chi connectivity index (χ0v) is 15.5. The van der Waals surface area contributed by atoms with Crippen LogP contribution in [0.4, 0.5) is 0 Å². The number of nitrogens with two attached hydrogens (primary N) is 1. The van der Waals surface area contributed by atoms with E-state index in [1.165, 1.54) is 12.8 Å². The Kier molecular flexibility index (Phi) is 7.44. The molecule has 1 aliphatic carbocycles. The van der Waals surface area contributed by atoms with Gasteiger partial charge in [-0.25, -0.2) is 0 Å². The highest BCUT2D eigenvalue weighted by Crippen LogP contribution is 2.31. The molecule has 2 fully saturated rings. The Morgan fingerprint density at radius 1 is 1.32 bits per heavy atom. The summed E-state index contributed by atoms with van der Waals surface area (Å²) >= 11 is 0. The molecule has 0 bridgehead atoms. The number of carbonyl (C=O) groups excluding carboxylic acids is 1. The van der Waals surface area contributed by atoms with Gasteiger partial charge in [-0.05, 0) is 50.4 Å². The molecular weight excluding hydrogens is 318 g/mol. The van der Waals surface area contributed by atoms with E-state index in [4.69, 9.17) is 15.9 Å². The summed E-state index contributed by atoms with van der Waals surface area (Å²) < 4.78 is 6.12. The van der Waals surface area contributed by atoms with E-state index in [0.717, 1.165) is 49.8 Å². The molecule has 1 saturated heterocycles. The van der Waals surface area contributed by atoms with Gasteiger partial charge >= 0.3 is 0 Å². The van der Waals surface area contributed by atoms with Crippen molar-refractivity contribution in [3.05, 3.63) is 11.8 Å². The van der Waals surface area contributed by atoms with Crippen LogP contribution >= 0.6 is 0 Å².